The maximum Gasteiger partial charge on any atom is 0.307 e. The summed E-state index contributed by atoms with van der Waals surface area (Å²) in [5.41, 5.74) is 0. The number of rotatable bonds is 7. The number of unbranched alkanes of at least 4 members (excludes halogenated alkanes) is 4. The standard InChI is InChI=1S/C17H22O2/c1-3-4-5-6-7-8-9-10-11-12-13-14-15-16-19-17(2)18/h8-9,15-16H,3-7,14H2,1-2H3/b9-8-,16-15+. The third-order valence-corrected chi connectivity index (χ3v) is 2.20. The van der Waals surface area contributed by atoms with Gasteiger partial charge in [0.15, 0.2) is 0 Å². The molecule has 0 aromatic rings. The van der Waals surface area contributed by atoms with Crippen LogP contribution < -0.4 is 0 Å². The molecule has 2 nitrogen and oxygen atoms in total. The Morgan fingerprint density at radius 2 is 2.00 bits per heavy atom. The van der Waals surface area contributed by atoms with E-state index in [4.69, 9.17) is 0 Å². The van der Waals surface area contributed by atoms with Crippen molar-refractivity contribution in [3.05, 3.63) is 24.5 Å². The summed E-state index contributed by atoms with van der Waals surface area (Å²) in [6.07, 6.45) is 13.7. The lowest BCUT2D eigenvalue weighted by Crippen LogP contribution is -1.88. The summed E-state index contributed by atoms with van der Waals surface area (Å²) in [5.74, 6) is 10.9. The molecule has 2 heteroatoms. The maximum absolute atomic E-state index is 10.4. The first-order valence-corrected chi connectivity index (χ1v) is 6.73. The van der Waals surface area contributed by atoms with E-state index in [9.17, 15) is 4.79 Å². The molecule has 102 valence electrons. The zero-order valence-corrected chi connectivity index (χ0v) is 11.9. The first kappa shape index (κ1) is 17.1. The largest absolute Gasteiger partial charge is 0.435 e. The van der Waals surface area contributed by atoms with Crippen molar-refractivity contribution in [2.75, 3.05) is 0 Å². The van der Waals surface area contributed by atoms with E-state index in [0.717, 1.165) is 6.42 Å². The average Bonchev–Trinajstić information content (AvgIpc) is 2.39. The number of carbonyl (C=O) groups is 1. The average molecular weight is 258 g/mol. The first-order valence-electron chi connectivity index (χ1n) is 6.73. The van der Waals surface area contributed by atoms with Crippen molar-refractivity contribution in [3.8, 4) is 23.7 Å². The zero-order chi connectivity index (χ0) is 14.2. The van der Waals surface area contributed by atoms with Crippen molar-refractivity contribution in [1.29, 1.82) is 0 Å². The van der Waals surface area contributed by atoms with E-state index in [1.165, 1.54) is 38.9 Å². The van der Waals surface area contributed by atoms with Crippen molar-refractivity contribution in [3.63, 3.8) is 0 Å². The van der Waals surface area contributed by atoms with Crippen LogP contribution in [-0.2, 0) is 9.53 Å². The molecule has 0 heterocycles. The zero-order valence-electron chi connectivity index (χ0n) is 11.9. The van der Waals surface area contributed by atoms with E-state index in [2.05, 4.69) is 41.4 Å². The highest BCUT2D eigenvalue weighted by Gasteiger charge is 1.83. The van der Waals surface area contributed by atoms with Gasteiger partial charge in [0.25, 0.3) is 0 Å². The molecular weight excluding hydrogens is 236 g/mol. The fourth-order valence-corrected chi connectivity index (χ4v) is 1.26. The van der Waals surface area contributed by atoms with Gasteiger partial charge >= 0.3 is 5.97 Å². The summed E-state index contributed by atoms with van der Waals surface area (Å²) in [7, 11) is 0. The highest BCUT2D eigenvalue weighted by atomic mass is 16.5. The first-order chi connectivity index (χ1) is 9.27. The van der Waals surface area contributed by atoms with Crippen LogP contribution in [0.25, 0.3) is 0 Å². The van der Waals surface area contributed by atoms with Crippen LogP contribution in [0.4, 0.5) is 0 Å². The molecule has 0 aliphatic heterocycles. The second-order valence-electron chi connectivity index (χ2n) is 4.01. The Bertz CT molecular complexity index is 408. The molecule has 0 bridgehead atoms. The predicted molar refractivity (Wildman–Crippen MR) is 79.0 cm³/mol. The Morgan fingerprint density at radius 1 is 1.16 bits per heavy atom. The Hall–Kier alpha value is -1.93. The molecule has 19 heavy (non-hydrogen) atoms. The van der Waals surface area contributed by atoms with Crippen LogP contribution in [0.3, 0.4) is 0 Å². The Balaban J connectivity index is 3.61. The van der Waals surface area contributed by atoms with Crippen molar-refractivity contribution < 1.29 is 9.53 Å². The number of carbonyl (C=O) groups excluding carboxylic acids is 1. The number of esters is 1. The number of hydrogen-bond donors (Lipinski definition) is 0. The lowest BCUT2D eigenvalue weighted by atomic mass is 10.1. The van der Waals surface area contributed by atoms with Gasteiger partial charge in [0.1, 0.15) is 0 Å². The van der Waals surface area contributed by atoms with Crippen LogP contribution in [0.1, 0.15) is 52.4 Å². The Morgan fingerprint density at radius 3 is 2.74 bits per heavy atom. The van der Waals surface area contributed by atoms with Gasteiger partial charge in [0, 0.05) is 13.3 Å². The monoisotopic (exact) mass is 258 g/mol. The SMILES string of the molecule is CCCCCC/C=C\C#CC#CC/C=C/OC(C)=O. The molecule has 0 radical (unpaired) electrons. The van der Waals surface area contributed by atoms with E-state index in [1.807, 2.05) is 6.08 Å². The van der Waals surface area contributed by atoms with Crippen LogP contribution in [0.5, 0.6) is 0 Å². The third-order valence-electron chi connectivity index (χ3n) is 2.20. The quantitative estimate of drug-likeness (QED) is 0.299. The normalized spacial score (nSPS) is 9.79. The molecule has 0 saturated carbocycles. The van der Waals surface area contributed by atoms with Crippen LogP contribution in [0.15, 0.2) is 24.5 Å². The summed E-state index contributed by atoms with van der Waals surface area (Å²) in [6.45, 7) is 3.57. The molecule has 0 N–H and O–H groups in total. The minimum atomic E-state index is -0.326. The van der Waals surface area contributed by atoms with Crippen molar-refractivity contribution in [2.24, 2.45) is 0 Å². The molecule has 0 spiro atoms. The second kappa shape index (κ2) is 14.1. The van der Waals surface area contributed by atoms with Gasteiger partial charge in [0.2, 0.25) is 0 Å². The number of hydrogen-bond acceptors (Lipinski definition) is 2. The maximum atomic E-state index is 10.4. The molecule has 0 fully saturated rings. The van der Waals surface area contributed by atoms with Crippen molar-refractivity contribution in [1.82, 2.24) is 0 Å². The van der Waals surface area contributed by atoms with Crippen LogP contribution >= 0.6 is 0 Å². The molecule has 0 aliphatic rings. The summed E-state index contributed by atoms with van der Waals surface area (Å²) in [4.78, 5) is 10.4. The molecule has 0 amide bonds. The van der Waals surface area contributed by atoms with E-state index >= 15 is 0 Å². The van der Waals surface area contributed by atoms with Crippen LogP contribution in [-0.4, -0.2) is 5.97 Å². The molecule has 0 aromatic carbocycles. The van der Waals surface area contributed by atoms with Gasteiger partial charge in [0.05, 0.1) is 6.26 Å². The molecule has 0 unspecified atom stereocenters. The highest BCUT2D eigenvalue weighted by Crippen LogP contribution is 2.02. The second-order valence-corrected chi connectivity index (χ2v) is 4.01. The van der Waals surface area contributed by atoms with E-state index in [1.54, 1.807) is 6.08 Å². The highest BCUT2D eigenvalue weighted by molar-refractivity contribution is 5.66. The summed E-state index contributed by atoms with van der Waals surface area (Å²) in [5, 5.41) is 0. The van der Waals surface area contributed by atoms with Crippen LogP contribution in [0, 0.1) is 23.7 Å². The van der Waals surface area contributed by atoms with Crippen LogP contribution in [0.2, 0.25) is 0 Å². The fourth-order valence-electron chi connectivity index (χ4n) is 1.26. The van der Waals surface area contributed by atoms with E-state index in [-0.39, 0.29) is 5.97 Å². The van der Waals surface area contributed by atoms with Gasteiger partial charge in [-0.3, -0.25) is 4.79 Å². The molecule has 0 aromatic heterocycles. The van der Waals surface area contributed by atoms with Crippen molar-refractivity contribution >= 4 is 5.97 Å². The smallest absolute Gasteiger partial charge is 0.307 e. The number of ether oxygens (including phenoxy) is 1. The lowest BCUT2D eigenvalue weighted by molar-refractivity contribution is -0.135. The third kappa shape index (κ3) is 16.1. The van der Waals surface area contributed by atoms with Gasteiger partial charge in [-0.15, -0.1) is 0 Å². The van der Waals surface area contributed by atoms with Gasteiger partial charge in [-0.25, -0.2) is 0 Å². The topological polar surface area (TPSA) is 26.3 Å². The van der Waals surface area contributed by atoms with E-state index in [0.29, 0.717) is 6.42 Å². The molecule has 0 rings (SSSR count). The van der Waals surface area contributed by atoms with Gasteiger partial charge < -0.3 is 4.74 Å². The minimum absolute atomic E-state index is 0.326. The van der Waals surface area contributed by atoms with E-state index < -0.39 is 0 Å². The lowest BCUT2D eigenvalue weighted by Gasteiger charge is -1.92. The molecular formula is C17H22O2. The predicted octanol–water partition coefficient (Wildman–Crippen LogP) is 3.99. The summed E-state index contributed by atoms with van der Waals surface area (Å²) >= 11 is 0. The minimum Gasteiger partial charge on any atom is -0.435 e. The Labute approximate surface area is 116 Å². The van der Waals surface area contributed by atoms with Gasteiger partial charge in [-0.05, 0) is 36.8 Å². The molecule has 0 aliphatic carbocycles. The fraction of sp³-hybridized carbons (Fsp3) is 0.471. The summed E-state index contributed by atoms with van der Waals surface area (Å²) < 4.78 is 4.61. The molecule has 0 atom stereocenters. The van der Waals surface area contributed by atoms with Gasteiger partial charge in [-0.2, -0.15) is 0 Å². The molecule has 0 saturated heterocycles. The number of allylic oxidation sites excluding steroid dienone is 3. The Kier molecular flexibility index (Phi) is 12.7. The van der Waals surface area contributed by atoms with Crippen molar-refractivity contribution in [2.45, 2.75) is 52.4 Å². The van der Waals surface area contributed by atoms with Gasteiger partial charge in [-0.1, -0.05) is 44.1 Å². The summed E-state index contributed by atoms with van der Waals surface area (Å²) in [6, 6.07) is 0.